The number of nitrogens with zero attached hydrogens (tertiary/aromatic N) is 4. The fourth-order valence-corrected chi connectivity index (χ4v) is 2.25. The number of anilines is 1. The van der Waals surface area contributed by atoms with E-state index >= 15 is 0 Å². The molecule has 2 rings (SSSR count). The molecule has 1 atom stereocenters. The first kappa shape index (κ1) is 16.9. The number of carbonyl (C=O) groups is 1. The molecule has 2 aromatic heterocycles. The Bertz CT molecular complexity index is 629. The van der Waals surface area contributed by atoms with Crippen LogP contribution in [0.4, 0.5) is 5.82 Å². The maximum atomic E-state index is 12.7. The number of carbonyl (C=O) groups excluding carboxylic acids is 1. The van der Waals surface area contributed by atoms with Crippen LogP contribution in [0.15, 0.2) is 42.7 Å². The summed E-state index contributed by atoms with van der Waals surface area (Å²) < 4.78 is 5.26. The molecule has 1 unspecified atom stereocenters. The number of hydrogen-bond acceptors (Lipinski definition) is 5. The van der Waals surface area contributed by atoms with Crippen LogP contribution >= 0.6 is 0 Å². The van der Waals surface area contributed by atoms with Crippen molar-refractivity contribution in [3.05, 3.63) is 54.0 Å². The molecule has 0 aliphatic heterocycles. The number of likely N-dealkylation sites (N-methyl/N-ethyl adjacent to an activating group) is 1. The van der Waals surface area contributed by atoms with Gasteiger partial charge in [0.15, 0.2) is 0 Å². The summed E-state index contributed by atoms with van der Waals surface area (Å²) in [5, 5.41) is 0. The summed E-state index contributed by atoms with van der Waals surface area (Å²) in [6.07, 6.45) is 3.31. The summed E-state index contributed by atoms with van der Waals surface area (Å²) in [5.41, 5.74) is 1.33. The van der Waals surface area contributed by atoms with Gasteiger partial charge < -0.3 is 14.5 Å². The van der Waals surface area contributed by atoms with Crippen molar-refractivity contribution in [3.8, 4) is 0 Å². The minimum Gasteiger partial charge on any atom is -0.382 e. The van der Waals surface area contributed by atoms with E-state index in [2.05, 4.69) is 9.97 Å². The van der Waals surface area contributed by atoms with Gasteiger partial charge in [-0.1, -0.05) is 6.07 Å². The summed E-state index contributed by atoms with van der Waals surface area (Å²) in [6.45, 7) is 0.377. The second-order valence-corrected chi connectivity index (χ2v) is 5.44. The smallest absolute Gasteiger partial charge is 0.255 e. The molecule has 0 N–H and O–H groups in total. The zero-order chi connectivity index (χ0) is 16.8. The van der Waals surface area contributed by atoms with Crippen LogP contribution in [0.1, 0.15) is 22.1 Å². The van der Waals surface area contributed by atoms with Gasteiger partial charge >= 0.3 is 0 Å². The summed E-state index contributed by atoms with van der Waals surface area (Å²) in [4.78, 5) is 24.9. The lowest BCUT2D eigenvalue weighted by atomic mass is 10.1. The highest BCUT2D eigenvalue weighted by atomic mass is 16.5. The number of rotatable bonds is 6. The Hall–Kier alpha value is -2.47. The van der Waals surface area contributed by atoms with Gasteiger partial charge in [-0.15, -0.1) is 0 Å². The van der Waals surface area contributed by atoms with Gasteiger partial charge in [0, 0.05) is 40.6 Å². The van der Waals surface area contributed by atoms with E-state index in [0.717, 1.165) is 11.5 Å². The molecule has 0 fully saturated rings. The van der Waals surface area contributed by atoms with Gasteiger partial charge in [-0.2, -0.15) is 0 Å². The van der Waals surface area contributed by atoms with Crippen LogP contribution in [0, 0.1) is 0 Å². The van der Waals surface area contributed by atoms with Crippen molar-refractivity contribution >= 4 is 11.7 Å². The van der Waals surface area contributed by atoms with Crippen molar-refractivity contribution in [1.82, 2.24) is 14.9 Å². The molecule has 0 bridgehead atoms. The van der Waals surface area contributed by atoms with Crippen molar-refractivity contribution in [2.24, 2.45) is 0 Å². The van der Waals surface area contributed by atoms with Crippen LogP contribution in [-0.2, 0) is 4.74 Å². The lowest BCUT2D eigenvalue weighted by molar-refractivity contribution is 0.0594. The van der Waals surface area contributed by atoms with Crippen molar-refractivity contribution in [1.29, 1.82) is 0 Å². The summed E-state index contributed by atoms with van der Waals surface area (Å²) in [7, 11) is 7.18. The van der Waals surface area contributed by atoms with E-state index in [0.29, 0.717) is 12.2 Å². The molecular weight excluding hydrogens is 292 g/mol. The van der Waals surface area contributed by atoms with E-state index in [1.165, 1.54) is 0 Å². The molecule has 0 aliphatic rings. The molecule has 0 aromatic carbocycles. The van der Waals surface area contributed by atoms with Crippen LogP contribution in [0.2, 0.25) is 0 Å². The molecule has 0 aliphatic carbocycles. The number of methoxy groups -OCH3 is 1. The predicted octanol–water partition coefficient (Wildman–Crippen LogP) is 2.00. The molecular formula is C17H22N4O2. The third-order valence-electron chi connectivity index (χ3n) is 3.59. The number of ether oxygens (including phenoxy) is 1. The standard InChI is InChI=1S/C17H22N4O2/c1-20(2)16-9-8-13(11-19-16)17(22)21(3)15(12-23-4)14-7-5-6-10-18-14/h5-11,15H,12H2,1-4H3. The highest BCUT2D eigenvalue weighted by Crippen LogP contribution is 2.20. The van der Waals surface area contributed by atoms with E-state index in [1.54, 1.807) is 37.5 Å². The van der Waals surface area contributed by atoms with Gasteiger partial charge in [0.05, 0.1) is 23.9 Å². The van der Waals surface area contributed by atoms with Gasteiger partial charge in [-0.3, -0.25) is 9.78 Å². The van der Waals surface area contributed by atoms with Gasteiger partial charge in [-0.05, 0) is 24.3 Å². The molecule has 0 saturated carbocycles. The fourth-order valence-electron chi connectivity index (χ4n) is 2.25. The highest BCUT2D eigenvalue weighted by Gasteiger charge is 2.24. The lowest BCUT2D eigenvalue weighted by Gasteiger charge is -2.27. The maximum absolute atomic E-state index is 12.7. The summed E-state index contributed by atoms with van der Waals surface area (Å²) >= 11 is 0. The van der Waals surface area contributed by atoms with Crippen molar-refractivity contribution in [2.75, 3.05) is 39.8 Å². The third-order valence-corrected chi connectivity index (χ3v) is 3.59. The molecule has 122 valence electrons. The average molecular weight is 314 g/mol. The molecule has 2 heterocycles. The Balaban J connectivity index is 2.22. The highest BCUT2D eigenvalue weighted by molar-refractivity contribution is 5.94. The zero-order valence-electron chi connectivity index (χ0n) is 13.9. The molecule has 2 aromatic rings. The largest absolute Gasteiger partial charge is 0.382 e. The monoisotopic (exact) mass is 314 g/mol. The molecule has 0 saturated heterocycles. The van der Waals surface area contributed by atoms with Gasteiger partial charge in [0.25, 0.3) is 5.91 Å². The zero-order valence-corrected chi connectivity index (χ0v) is 13.9. The van der Waals surface area contributed by atoms with Crippen LogP contribution in [0.3, 0.4) is 0 Å². The van der Waals surface area contributed by atoms with E-state index in [1.807, 2.05) is 43.3 Å². The van der Waals surface area contributed by atoms with Crippen molar-refractivity contribution in [2.45, 2.75) is 6.04 Å². The van der Waals surface area contributed by atoms with Gasteiger partial charge in [-0.25, -0.2) is 4.98 Å². The van der Waals surface area contributed by atoms with Crippen LogP contribution < -0.4 is 4.90 Å². The summed E-state index contributed by atoms with van der Waals surface area (Å²) in [6, 6.07) is 9.00. The van der Waals surface area contributed by atoms with Gasteiger partial charge in [0.2, 0.25) is 0 Å². The predicted molar refractivity (Wildman–Crippen MR) is 89.5 cm³/mol. The van der Waals surface area contributed by atoms with E-state index in [-0.39, 0.29) is 11.9 Å². The van der Waals surface area contributed by atoms with E-state index in [9.17, 15) is 4.79 Å². The number of pyridine rings is 2. The third kappa shape index (κ3) is 4.04. The minimum absolute atomic E-state index is 0.115. The number of aromatic nitrogens is 2. The van der Waals surface area contributed by atoms with E-state index < -0.39 is 0 Å². The Morgan fingerprint density at radius 3 is 2.48 bits per heavy atom. The summed E-state index contributed by atoms with van der Waals surface area (Å²) in [5.74, 6) is 0.692. The molecule has 23 heavy (non-hydrogen) atoms. The topological polar surface area (TPSA) is 58.6 Å². The lowest BCUT2D eigenvalue weighted by Crippen LogP contribution is -2.34. The van der Waals surface area contributed by atoms with Gasteiger partial charge in [0.1, 0.15) is 5.82 Å². The second-order valence-electron chi connectivity index (χ2n) is 5.44. The molecule has 0 radical (unpaired) electrons. The fraction of sp³-hybridized carbons (Fsp3) is 0.353. The number of hydrogen-bond donors (Lipinski definition) is 0. The van der Waals surface area contributed by atoms with Crippen molar-refractivity contribution < 1.29 is 9.53 Å². The Kier molecular flexibility index (Phi) is 5.65. The van der Waals surface area contributed by atoms with Crippen LogP contribution in [0.5, 0.6) is 0 Å². The SMILES string of the molecule is COCC(c1ccccn1)N(C)C(=O)c1ccc(N(C)C)nc1. The molecule has 6 heteroatoms. The first-order valence-corrected chi connectivity index (χ1v) is 7.35. The maximum Gasteiger partial charge on any atom is 0.255 e. The molecule has 1 amide bonds. The Labute approximate surface area is 136 Å². The van der Waals surface area contributed by atoms with E-state index in [4.69, 9.17) is 4.74 Å². The first-order valence-electron chi connectivity index (χ1n) is 7.35. The molecule has 6 nitrogen and oxygen atoms in total. The second kappa shape index (κ2) is 7.69. The van der Waals surface area contributed by atoms with Crippen LogP contribution in [0.25, 0.3) is 0 Å². The minimum atomic E-state index is -0.248. The average Bonchev–Trinajstić information content (AvgIpc) is 2.59. The van der Waals surface area contributed by atoms with Crippen LogP contribution in [-0.4, -0.2) is 55.6 Å². The number of amides is 1. The first-order chi connectivity index (χ1) is 11.0. The quantitative estimate of drug-likeness (QED) is 0.816. The van der Waals surface area contributed by atoms with Crippen molar-refractivity contribution in [3.63, 3.8) is 0 Å². The molecule has 0 spiro atoms. The Morgan fingerprint density at radius 1 is 1.17 bits per heavy atom. The normalized spacial score (nSPS) is 11.8. The Morgan fingerprint density at radius 2 is 1.96 bits per heavy atom.